The summed E-state index contributed by atoms with van der Waals surface area (Å²) in [5, 5.41) is 0. The van der Waals surface area contributed by atoms with Crippen molar-refractivity contribution in [1.82, 2.24) is 0 Å². The van der Waals surface area contributed by atoms with Crippen LogP contribution in [0, 0.1) is 13.8 Å². The second kappa shape index (κ2) is 36.4. The van der Waals surface area contributed by atoms with Gasteiger partial charge >= 0.3 is 52.1 Å². The summed E-state index contributed by atoms with van der Waals surface area (Å²) in [6.07, 6.45) is 7.31. The number of rotatable bonds is 4. The van der Waals surface area contributed by atoms with Crippen LogP contribution in [0.4, 0.5) is 0 Å². The van der Waals surface area contributed by atoms with E-state index in [0.29, 0.717) is 0 Å². The van der Waals surface area contributed by atoms with Gasteiger partial charge in [-0.25, -0.2) is 0 Å². The first kappa shape index (κ1) is 24.8. The summed E-state index contributed by atoms with van der Waals surface area (Å²) in [6.45, 7) is 11.7. The summed E-state index contributed by atoms with van der Waals surface area (Å²) in [5.74, 6) is 0. The van der Waals surface area contributed by atoms with Crippen LogP contribution in [0.25, 0.3) is 0 Å². The van der Waals surface area contributed by atoms with E-state index in [1.165, 1.54) is 25.7 Å². The van der Waals surface area contributed by atoms with Gasteiger partial charge in [-0.2, -0.15) is 12.8 Å². The maximum Gasteiger partial charge on any atom is 2.00 e. The Morgan fingerprint density at radius 2 is 1.14 bits per heavy atom. The summed E-state index contributed by atoms with van der Waals surface area (Å²) in [7, 11) is 9.63. The fourth-order valence-electron chi connectivity index (χ4n) is 0.500. The first-order valence-corrected chi connectivity index (χ1v) is 8.66. The van der Waals surface area contributed by atoms with Gasteiger partial charge in [-0.05, 0) is 0 Å². The first-order chi connectivity index (χ1) is 6.24. The molecular formula is C10H22Cl2FePd. The molecule has 0 aromatic carbocycles. The third-order valence-electron chi connectivity index (χ3n) is 1.21. The van der Waals surface area contributed by atoms with Gasteiger partial charge < -0.3 is 13.8 Å². The van der Waals surface area contributed by atoms with E-state index in [0.717, 1.165) is 12.8 Å². The topological polar surface area (TPSA) is 0 Å². The van der Waals surface area contributed by atoms with Crippen LogP contribution in [0.1, 0.15) is 52.4 Å². The van der Waals surface area contributed by atoms with Crippen molar-refractivity contribution in [3.05, 3.63) is 13.8 Å². The minimum absolute atomic E-state index is 0. The molecule has 0 rings (SSSR count). The molecule has 94 valence electrons. The predicted molar refractivity (Wildman–Crippen MR) is 61.5 cm³/mol. The maximum absolute atomic E-state index is 4.81. The van der Waals surface area contributed by atoms with E-state index in [9.17, 15) is 0 Å². The Hall–Kier alpha value is 1.76. The molecule has 0 radical (unpaired) electrons. The van der Waals surface area contributed by atoms with Crippen LogP contribution >= 0.6 is 19.1 Å². The van der Waals surface area contributed by atoms with Crippen LogP contribution in [0.15, 0.2) is 0 Å². The van der Waals surface area contributed by atoms with Crippen molar-refractivity contribution in [2.24, 2.45) is 0 Å². The number of hydrogen-bond donors (Lipinski definition) is 0. The SMILES string of the molecule is [CH2-]CCCC.[CH2-]CCCC.[Cl][Pd][Cl].[Fe+2]. The molecule has 0 aliphatic heterocycles. The molecule has 14 heavy (non-hydrogen) atoms. The predicted octanol–water partition coefficient (Wildman–Crippen LogP) is 5.40. The standard InChI is InChI=1S/2C5H11.2ClH.Fe.Pd/c2*1-3-5-4-2;;;;/h2*1,3-5H2,2H3;2*1H;;/q2*-1;;;2*+2/p-2. The van der Waals surface area contributed by atoms with Crippen LogP contribution in [0.5, 0.6) is 0 Å². The van der Waals surface area contributed by atoms with Crippen LogP contribution in [-0.4, -0.2) is 0 Å². The zero-order chi connectivity index (χ0) is 10.9. The van der Waals surface area contributed by atoms with E-state index in [4.69, 9.17) is 19.1 Å². The van der Waals surface area contributed by atoms with Gasteiger partial charge in [-0.1, -0.05) is 39.5 Å². The van der Waals surface area contributed by atoms with Gasteiger partial charge in [-0.15, -0.1) is 0 Å². The van der Waals surface area contributed by atoms with E-state index in [1.807, 2.05) is 0 Å². The summed E-state index contributed by atoms with van der Waals surface area (Å²) >= 11 is -0.106. The average molecular weight is 375 g/mol. The molecule has 0 aliphatic rings. The Morgan fingerprint density at radius 3 is 1.14 bits per heavy atom. The molecule has 0 fully saturated rings. The van der Waals surface area contributed by atoms with Crippen LogP contribution in [-0.2, 0) is 33.0 Å². The summed E-state index contributed by atoms with van der Waals surface area (Å²) in [4.78, 5) is 0. The summed E-state index contributed by atoms with van der Waals surface area (Å²) in [6, 6.07) is 0. The van der Waals surface area contributed by atoms with Gasteiger partial charge in [-0.3, -0.25) is 0 Å². The molecule has 0 N–H and O–H groups in total. The fourth-order valence-corrected chi connectivity index (χ4v) is 0.500. The molecule has 0 amide bonds. The van der Waals surface area contributed by atoms with Gasteiger partial charge in [0, 0.05) is 0 Å². The van der Waals surface area contributed by atoms with Crippen molar-refractivity contribution in [3.8, 4) is 0 Å². The van der Waals surface area contributed by atoms with Crippen molar-refractivity contribution >= 4 is 19.1 Å². The Bertz CT molecular complexity index is 47.4. The minimum atomic E-state index is -0.106. The van der Waals surface area contributed by atoms with E-state index in [-0.39, 0.29) is 33.0 Å². The maximum atomic E-state index is 4.81. The third-order valence-corrected chi connectivity index (χ3v) is 1.21. The summed E-state index contributed by atoms with van der Waals surface area (Å²) in [5.41, 5.74) is 0. The number of hydrogen-bond acceptors (Lipinski definition) is 0. The van der Waals surface area contributed by atoms with Crippen LogP contribution < -0.4 is 0 Å². The largest absolute Gasteiger partial charge is 2.00 e. The Labute approximate surface area is 117 Å². The Morgan fingerprint density at radius 1 is 0.929 bits per heavy atom. The quantitative estimate of drug-likeness (QED) is 0.456. The number of halogens is 2. The van der Waals surface area contributed by atoms with Gasteiger partial charge in [0.25, 0.3) is 0 Å². The zero-order valence-corrected chi connectivity index (χ0v) is 13.3. The van der Waals surface area contributed by atoms with E-state index < -0.39 is 0 Å². The van der Waals surface area contributed by atoms with E-state index in [2.05, 4.69) is 27.7 Å². The van der Waals surface area contributed by atoms with E-state index >= 15 is 0 Å². The van der Waals surface area contributed by atoms with Crippen molar-refractivity contribution in [2.75, 3.05) is 0 Å². The minimum Gasteiger partial charge on any atom is 2.00 e. The normalized spacial score (nSPS) is 7.57. The molecule has 0 heterocycles. The molecule has 0 saturated carbocycles. The first-order valence-electron chi connectivity index (χ1n) is 4.65. The molecule has 0 nitrogen and oxygen atoms in total. The van der Waals surface area contributed by atoms with Crippen molar-refractivity contribution in [1.29, 1.82) is 0 Å². The molecule has 0 atom stereocenters. The average Bonchev–Trinajstić information content (AvgIpc) is 2.09. The van der Waals surface area contributed by atoms with Gasteiger partial charge in [0.2, 0.25) is 0 Å². The Kier molecular flexibility index (Phi) is 64.6. The monoisotopic (exact) mass is 374 g/mol. The molecule has 0 aliphatic carbocycles. The second-order valence-electron chi connectivity index (χ2n) is 2.46. The molecular weight excluding hydrogens is 353 g/mol. The number of unbranched alkanes of at least 4 members (excludes halogenated alkanes) is 4. The third kappa shape index (κ3) is 67.5. The molecule has 0 aromatic rings. The molecule has 0 bridgehead atoms. The molecule has 0 saturated heterocycles. The van der Waals surface area contributed by atoms with Crippen LogP contribution in [0.2, 0.25) is 0 Å². The summed E-state index contributed by atoms with van der Waals surface area (Å²) < 4.78 is 0. The van der Waals surface area contributed by atoms with Crippen molar-refractivity contribution in [3.63, 3.8) is 0 Å². The second-order valence-corrected chi connectivity index (χ2v) is 4.82. The van der Waals surface area contributed by atoms with Gasteiger partial charge in [0.15, 0.2) is 0 Å². The molecule has 0 aromatic heterocycles. The van der Waals surface area contributed by atoms with Gasteiger partial charge in [0.1, 0.15) is 0 Å². The van der Waals surface area contributed by atoms with E-state index in [1.54, 1.807) is 0 Å². The van der Waals surface area contributed by atoms with Crippen molar-refractivity contribution in [2.45, 2.75) is 52.4 Å². The molecule has 0 unspecified atom stereocenters. The van der Waals surface area contributed by atoms with Crippen molar-refractivity contribution < 1.29 is 33.0 Å². The smallest absolute Gasteiger partial charge is 2.00 e. The molecule has 0 spiro atoms. The fraction of sp³-hybridized carbons (Fsp3) is 0.800. The Balaban J connectivity index is -0.0000000535. The van der Waals surface area contributed by atoms with Crippen LogP contribution in [0.3, 0.4) is 0 Å². The zero-order valence-electron chi connectivity index (χ0n) is 9.08. The molecule has 4 heteroatoms. The van der Waals surface area contributed by atoms with Gasteiger partial charge in [0.05, 0.1) is 0 Å².